The summed E-state index contributed by atoms with van der Waals surface area (Å²) in [5, 5.41) is 10.6. The van der Waals surface area contributed by atoms with E-state index >= 15 is 0 Å². The molecule has 3 heteroatoms. The van der Waals surface area contributed by atoms with Crippen molar-refractivity contribution in [3.8, 4) is 6.07 Å². The maximum Gasteiger partial charge on any atom is 0.134 e. The summed E-state index contributed by atoms with van der Waals surface area (Å²) in [6, 6.07) is 11.7. The molecule has 3 nitrogen and oxygen atoms in total. The van der Waals surface area contributed by atoms with Crippen LogP contribution in [0.4, 0.5) is 5.69 Å². The fourth-order valence-corrected chi connectivity index (χ4v) is 0.642. The molecule has 0 atom stereocenters. The molecule has 0 fully saturated rings. The Balaban J connectivity index is 0.000000252. The van der Waals surface area contributed by atoms with Crippen molar-refractivity contribution in [1.29, 1.82) is 5.26 Å². The molecular weight excluding hydrogens is 164 g/mol. The van der Waals surface area contributed by atoms with Crippen molar-refractivity contribution < 1.29 is 4.79 Å². The van der Waals surface area contributed by atoms with Gasteiger partial charge in [0.05, 0.1) is 12.5 Å². The SMILES string of the molecule is CNc1ccccc1.N#CCC=O. The molecule has 1 aromatic rings. The highest BCUT2D eigenvalue weighted by molar-refractivity contribution is 5.52. The third-order valence-electron chi connectivity index (χ3n) is 1.24. The molecule has 0 saturated heterocycles. The minimum Gasteiger partial charge on any atom is -0.388 e. The number of aldehydes is 1. The fraction of sp³-hybridized carbons (Fsp3) is 0.200. The Bertz CT molecular complexity index is 264. The summed E-state index contributed by atoms with van der Waals surface area (Å²) in [5.41, 5.74) is 1.16. The molecule has 1 N–H and O–H groups in total. The number of hydrogen-bond acceptors (Lipinski definition) is 3. The van der Waals surface area contributed by atoms with Gasteiger partial charge in [-0.3, -0.25) is 0 Å². The van der Waals surface area contributed by atoms with Crippen molar-refractivity contribution in [3.05, 3.63) is 30.3 Å². The molecule has 0 aromatic heterocycles. The Morgan fingerprint density at radius 2 is 2.08 bits per heavy atom. The van der Waals surface area contributed by atoms with E-state index in [1.807, 2.05) is 37.4 Å². The maximum atomic E-state index is 9.18. The Morgan fingerprint density at radius 3 is 2.31 bits per heavy atom. The lowest BCUT2D eigenvalue weighted by molar-refractivity contribution is -0.107. The molecule has 0 unspecified atom stereocenters. The summed E-state index contributed by atoms with van der Waals surface area (Å²) in [4.78, 5) is 9.18. The molecule has 0 saturated carbocycles. The number of carbonyl (C=O) groups excluding carboxylic acids is 1. The van der Waals surface area contributed by atoms with Gasteiger partial charge in [0.1, 0.15) is 6.29 Å². The number of rotatable bonds is 2. The second kappa shape index (κ2) is 8.28. The van der Waals surface area contributed by atoms with Gasteiger partial charge in [0.2, 0.25) is 0 Å². The minimum atomic E-state index is 0.0139. The Morgan fingerprint density at radius 1 is 1.46 bits per heavy atom. The van der Waals surface area contributed by atoms with Crippen molar-refractivity contribution in [2.24, 2.45) is 0 Å². The van der Waals surface area contributed by atoms with E-state index in [4.69, 9.17) is 5.26 Å². The topological polar surface area (TPSA) is 52.9 Å². The number of anilines is 1. The first-order chi connectivity index (χ1) is 6.35. The normalized spacial score (nSPS) is 7.38. The third kappa shape index (κ3) is 6.57. The van der Waals surface area contributed by atoms with E-state index in [0.717, 1.165) is 5.69 Å². The van der Waals surface area contributed by atoms with Crippen LogP contribution in [0.1, 0.15) is 6.42 Å². The Labute approximate surface area is 78.0 Å². The monoisotopic (exact) mass is 176 g/mol. The molecule has 0 heterocycles. The molecule has 1 aromatic carbocycles. The standard InChI is InChI=1S/C7H9N.C3H3NO/c1-8-7-5-3-2-4-6-7;4-2-1-3-5/h2-6,8H,1H3;3H,1H2. The van der Waals surface area contributed by atoms with Crippen LogP contribution in [0.5, 0.6) is 0 Å². The lowest BCUT2D eigenvalue weighted by Crippen LogP contribution is -1.84. The van der Waals surface area contributed by atoms with E-state index in [1.54, 1.807) is 6.07 Å². The van der Waals surface area contributed by atoms with E-state index in [1.165, 1.54) is 0 Å². The summed E-state index contributed by atoms with van der Waals surface area (Å²) in [7, 11) is 1.91. The van der Waals surface area contributed by atoms with Gasteiger partial charge in [-0.15, -0.1) is 0 Å². The zero-order valence-corrected chi connectivity index (χ0v) is 7.53. The number of benzene rings is 1. The van der Waals surface area contributed by atoms with Crippen LogP contribution in [0.25, 0.3) is 0 Å². The highest BCUT2D eigenvalue weighted by atomic mass is 16.1. The number of nitriles is 1. The first-order valence-electron chi connectivity index (χ1n) is 3.88. The molecule has 0 spiro atoms. The molecule has 13 heavy (non-hydrogen) atoms. The summed E-state index contributed by atoms with van der Waals surface area (Å²) < 4.78 is 0. The van der Waals surface area contributed by atoms with Gasteiger partial charge >= 0.3 is 0 Å². The largest absolute Gasteiger partial charge is 0.388 e. The number of para-hydroxylation sites is 1. The van der Waals surface area contributed by atoms with Crippen LogP contribution < -0.4 is 5.32 Å². The van der Waals surface area contributed by atoms with Gasteiger partial charge in [-0.05, 0) is 12.1 Å². The summed E-state index contributed by atoms with van der Waals surface area (Å²) in [6.45, 7) is 0. The fourth-order valence-electron chi connectivity index (χ4n) is 0.642. The Kier molecular flexibility index (Phi) is 7.12. The van der Waals surface area contributed by atoms with E-state index in [9.17, 15) is 4.79 Å². The molecular formula is C10H12N2O. The van der Waals surface area contributed by atoms with Crippen LogP contribution in [0.15, 0.2) is 30.3 Å². The lowest BCUT2D eigenvalue weighted by Gasteiger charge is -1.94. The molecule has 0 amide bonds. The second-order valence-electron chi connectivity index (χ2n) is 2.14. The summed E-state index contributed by atoms with van der Waals surface area (Å²) in [5.74, 6) is 0. The summed E-state index contributed by atoms with van der Waals surface area (Å²) >= 11 is 0. The van der Waals surface area contributed by atoms with Crippen LogP contribution in [0.2, 0.25) is 0 Å². The number of nitrogens with zero attached hydrogens (tertiary/aromatic N) is 1. The van der Waals surface area contributed by atoms with E-state index < -0.39 is 0 Å². The van der Waals surface area contributed by atoms with Gasteiger partial charge in [-0.25, -0.2) is 0 Å². The van der Waals surface area contributed by atoms with E-state index in [2.05, 4.69) is 5.32 Å². The zero-order valence-electron chi connectivity index (χ0n) is 7.53. The zero-order chi connectivity index (χ0) is 9.94. The highest BCUT2D eigenvalue weighted by Gasteiger charge is 1.77. The van der Waals surface area contributed by atoms with Gasteiger partial charge in [-0.2, -0.15) is 5.26 Å². The van der Waals surface area contributed by atoms with Crippen LogP contribution in [-0.4, -0.2) is 13.3 Å². The van der Waals surface area contributed by atoms with Crippen LogP contribution in [0.3, 0.4) is 0 Å². The maximum absolute atomic E-state index is 9.18. The van der Waals surface area contributed by atoms with Crippen molar-refractivity contribution >= 4 is 12.0 Å². The molecule has 0 bridgehead atoms. The van der Waals surface area contributed by atoms with Gasteiger partial charge < -0.3 is 10.1 Å². The van der Waals surface area contributed by atoms with Gasteiger partial charge in [0, 0.05) is 12.7 Å². The average Bonchev–Trinajstić information content (AvgIpc) is 2.21. The van der Waals surface area contributed by atoms with E-state index in [-0.39, 0.29) is 6.42 Å². The number of nitrogens with one attached hydrogen (secondary N) is 1. The second-order valence-corrected chi connectivity index (χ2v) is 2.14. The predicted octanol–water partition coefficient (Wildman–Crippen LogP) is 1.83. The molecule has 0 aliphatic heterocycles. The highest BCUT2D eigenvalue weighted by Crippen LogP contribution is 2.01. The molecule has 68 valence electrons. The van der Waals surface area contributed by atoms with Crippen molar-refractivity contribution in [3.63, 3.8) is 0 Å². The average molecular weight is 176 g/mol. The molecule has 0 aliphatic rings. The van der Waals surface area contributed by atoms with Crippen molar-refractivity contribution in [1.82, 2.24) is 0 Å². The van der Waals surface area contributed by atoms with Crippen LogP contribution in [0, 0.1) is 11.3 Å². The predicted molar refractivity (Wildman–Crippen MR) is 52.3 cm³/mol. The molecule has 0 radical (unpaired) electrons. The first-order valence-corrected chi connectivity index (χ1v) is 3.88. The number of carbonyl (C=O) groups is 1. The van der Waals surface area contributed by atoms with E-state index in [0.29, 0.717) is 6.29 Å². The number of hydrogen-bond donors (Lipinski definition) is 1. The van der Waals surface area contributed by atoms with Crippen molar-refractivity contribution in [2.75, 3.05) is 12.4 Å². The lowest BCUT2D eigenvalue weighted by atomic mass is 10.3. The quantitative estimate of drug-likeness (QED) is 0.699. The van der Waals surface area contributed by atoms with Gasteiger partial charge in [0.15, 0.2) is 0 Å². The molecule has 1 rings (SSSR count). The Hall–Kier alpha value is -1.82. The molecule has 0 aliphatic carbocycles. The third-order valence-corrected chi connectivity index (χ3v) is 1.24. The smallest absolute Gasteiger partial charge is 0.134 e. The summed E-state index contributed by atoms with van der Waals surface area (Å²) in [6.07, 6.45) is 0.583. The van der Waals surface area contributed by atoms with Gasteiger partial charge in [0.25, 0.3) is 0 Å². The van der Waals surface area contributed by atoms with Crippen molar-refractivity contribution in [2.45, 2.75) is 6.42 Å². The van der Waals surface area contributed by atoms with Gasteiger partial charge in [-0.1, -0.05) is 18.2 Å². The van der Waals surface area contributed by atoms with Crippen LogP contribution in [-0.2, 0) is 4.79 Å². The van der Waals surface area contributed by atoms with Crippen LogP contribution >= 0.6 is 0 Å². The first kappa shape index (κ1) is 11.2. The minimum absolute atomic E-state index is 0.0139.